The van der Waals surface area contributed by atoms with Crippen molar-refractivity contribution in [3.8, 4) is 11.5 Å². The Morgan fingerprint density at radius 3 is 2.30 bits per heavy atom. The number of alkyl halides is 6. The van der Waals surface area contributed by atoms with Crippen LogP contribution in [0.4, 0.5) is 5.69 Å². The summed E-state index contributed by atoms with van der Waals surface area (Å²) in [5.41, 5.74) is 0.645. The number of halogens is 6. The lowest BCUT2D eigenvalue weighted by Gasteiger charge is -2.32. The maximum Gasteiger partial charge on any atom is 0.249 e. The van der Waals surface area contributed by atoms with Gasteiger partial charge in [-0.2, -0.15) is 0 Å². The van der Waals surface area contributed by atoms with Gasteiger partial charge in [0.15, 0.2) is 23.2 Å². The van der Waals surface area contributed by atoms with Crippen LogP contribution < -0.4 is 14.4 Å². The number of rotatable bonds is 1. The van der Waals surface area contributed by atoms with E-state index in [9.17, 15) is 0 Å². The maximum absolute atomic E-state index is 6.01. The summed E-state index contributed by atoms with van der Waals surface area (Å²) in [7, 11) is 0. The van der Waals surface area contributed by atoms with Crippen LogP contribution in [-0.4, -0.2) is 32.7 Å². The molecule has 2 aliphatic rings. The van der Waals surface area contributed by atoms with Crippen molar-refractivity contribution < 1.29 is 9.47 Å². The van der Waals surface area contributed by atoms with Gasteiger partial charge in [-0.15, -0.1) is 0 Å². The number of nitrogens with zero attached hydrogens (tertiary/aromatic N) is 3. The molecule has 0 bridgehead atoms. The fourth-order valence-corrected chi connectivity index (χ4v) is 2.77. The fourth-order valence-electron chi connectivity index (χ4n) is 2.03. The molecule has 0 amide bonds. The second-order valence-corrected chi connectivity index (χ2v) is 9.08. The van der Waals surface area contributed by atoms with Crippen molar-refractivity contribution in [3.63, 3.8) is 0 Å². The van der Waals surface area contributed by atoms with Crippen molar-refractivity contribution in [2.24, 2.45) is 9.98 Å². The predicted molar refractivity (Wildman–Crippen MR) is 95.4 cm³/mol. The zero-order valence-electron chi connectivity index (χ0n) is 11.1. The van der Waals surface area contributed by atoms with E-state index in [1.807, 2.05) is 0 Å². The smallest absolute Gasteiger partial charge is 0.249 e. The Bertz CT molecular complexity index is 695. The molecule has 0 unspecified atom stereocenters. The molecule has 2 aliphatic heterocycles. The van der Waals surface area contributed by atoms with Crippen LogP contribution in [0.1, 0.15) is 0 Å². The van der Waals surface area contributed by atoms with Crippen LogP contribution in [0.3, 0.4) is 0 Å². The Hall–Kier alpha value is -0.300. The lowest BCUT2D eigenvalue weighted by Crippen LogP contribution is -2.44. The Morgan fingerprint density at radius 2 is 1.65 bits per heavy atom. The molecule has 0 aliphatic carbocycles. The monoisotopic (exact) mass is 435 g/mol. The number of hydrogen-bond donors (Lipinski definition) is 0. The van der Waals surface area contributed by atoms with E-state index in [0.29, 0.717) is 17.2 Å². The number of amidine groups is 2. The molecule has 0 aromatic heterocycles. The SMILES string of the molecule is ClC(Cl)(Cl)C1=NCN(c2ccc3c(c2)OCO3)C(C(Cl)(Cl)Cl)=N1. The van der Waals surface area contributed by atoms with Gasteiger partial charge in [0, 0.05) is 11.8 Å². The Labute approximate surface area is 161 Å². The van der Waals surface area contributed by atoms with Crippen molar-refractivity contribution in [1.82, 2.24) is 0 Å². The van der Waals surface area contributed by atoms with Crippen molar-refractivity contribution in [2.75, 3.05) is 18.4 Å². The zero-order chi connectivity index (χ0) is 16.8. The highest BCUT2D eigenvalue weighted by molar-refractivity contribution is 6.79. The van der Waals surface area contributed by atoms with Gasteiger partial charge in [-0.1, -0.05) is 69.6 Å². The van der Waals surface area contributed by atoms with E-state index in [4.69, 9.17) is 79.1 Å². The summed E-state index contributed by atoms with van der Waals surface area (Å²) in [6, 6.07) is 5.22. The molecule has 2 heterocycles. The van der Waals surface area contributed by atoms with Gasteiger partial charge in [0.2, 0.25) is 14.4 Å². The molecule has 1 aromatic rings. The molecule has 0 spiro atoms. The highest BCUT2D eigenvalue weighted by atomic mass is 35.6. The molecule has 0 atom stereocenters. The van der Waals surface area contributed by atoms with Crippen molar-refractivity contribution in [1.29, 1.82) is 0 Å². The number of anilines is 1. The summed E-state index contributed by atoms with van der Waals surface area (Å²) in [6.45, 7) is 0.218. The van der Waals surface area contributed by atoms with E-state index in [1.165, 1.54) is 0 Å². The molecular formula is C12H7Cl6N3O2. The minimum Gasteiger partial charge on any atom is -0.454 e. The lowest BCUT2D eigenvalue weighted by atomic mass is 10.2. The normalized spacial score (nSPS) is 17.9. The third-order valence-electron chi connectivity index (χ3n) is 3.00. The van der Waals surface area contributed by atoms with Gasteiger partial charge in [-0.3, -0.25) is 0 Å². The van der Waals surface area contributed by atoms with Gasteiger partial charge >= 0.3 is 0 Å². The van der Waals surface area contributed by atoms with Crippen molar-refractivity contribution >= 4 is 87.0 Å². The minimum absolute atomic E-state index is 0.0548. The molecule has 1 aromatic carbocycles. The molecule has 3 rings (SSSR count). The molecule has 11 heteroatoms. The summed E-state index contributed by atoms with van der Waals surface area (Å²) in [5, 5.41) is 0. The highest BCUT2D eigenvalue weighted by Crippen LogP contribution is 2.40. The van der Waals surface area contributed by atoms with Crippen LogP contribution in [0.25, 0.3) is 0 Å². The van der Waals surface area contributed by atoms with Gasteiger partial charge in [0.1, 0.15) is 6.67 Å². The first kappa shape index (κ1) is 17.5. The zero-order valence-corrected chi connectivity index (χ0v) is 15.6. The number of benzene rings is 1. The van der Waals surface area contributed by atoms with Gasteiger partial charge < -0.3 is 14.4 Å². The second-order valence-electron chi connectivity index (χ2n) is 4.52. The van der Waals surface area contributed by atoms with Crippen LogP contribution in [0.5, 0.6) is 11.5 Å². The lowest BCUT2D eigenvalue weighted by molar-refractivity contribution is 0.174. The Kier molecular flexibility index (Phi) is 4.73. The first-order valence-corrected chi connectivity index (χ1v) is 8.38. The Balaban J connectivity index is 2.00. The predicted octanol–water partition coefficient (Wildman–Crippen LogP) is 4.73. The van der Waals surface area contributed by atoms with Gasteiger partial charge in [0.05, 0.1) is 0 Å². The number of hydrogen-bond acceptors (Lipinski definition) is 5. The van der Waals surface area contributed by atoms with E-state index in [2.05, 4.69) is 9.98 Å². The van der Waals surface area contributed by atoms with E-state index in [1.54, 1.807) is 23.1 Å². The van der Waals surface area contributed by atoms with Crippen LogP contribution in [0.15, 0.2) is 28.2 Å². The first-order chi connectivity index (χ1) is 10.7. The largest absolute Gasteiger partial charge is 0.454 e. The van der Waals surface area contributed by atoms with E-state index >= 15 is 0 Å². The number of fused-ring (bicyclic) bond motifs is 1. The maximum atomic E-state index is 6.01. The summed E-state index contributed by atoms with van der Waals surface area (Å²) >= 11 is 35.4. The number of aliphatic imine (C=N–C) groups is 2. The van der Waals surface area contributed by atoms with Crippen LogP contribution >= 0.6 is 69.6 Å². The first-order valence-electron chi connectivity index (χ1n) is 6.11. The third-order valence-corrected chi connectivity index (χ3v) is 4.02. The quantitative estimate of drug-likeness (QED) is 0.597. The summed E-state index contributed by atoms with van der Waals surface area (Å²) in [4.78, 5) is 9.81. The van der Waals surface area contributed by atoms with Crippen molar-refractivity contribution in [2.45, 2.75) is 7.59 Å². The minimum atomic E-state index is -1.84. The molecule has 0 radical (unpaired) electrons. The molecule has 0 N–H and O–H groups in total. The summed E-state index contributed by atoms with van der Waals surface area (Å²) in [6.07, 6.45) is 0. The molecule has 124 valence electrons. The van der Waals surface area contributed by atoms with Gasteiger partial charge in [-0.05, 0) is 12.1 Å². The van der Waals surface area contributed by atoms with Crippen LogP contribution in [-0.2, 0) is 0 Å². The van der Waals surface area contributed by atoms with Gasteiger partial charge in [-0.25, -0.2) is 9.98 Å². The fraction of sp³-hybridized carbons (Fsp3) is 0.333. The van der Waals surface area contributed by atoms with Crippen molar-refractivity contribution in [3.05, 3.63) is 18.2 Å². The Morgan fingerprint density at radius 1 is 0.957 bits per heavy atom. The second kappa shape index (κ2) is 6.21. The highest BCUT2D eigenvalue weighted by Gasteiger charge is 2.39. The average Bonchev–Trinajstić information content (AvgIpc) is 2.92. The van der Waals surface area contributed by atoms with E-state index in [0.717, 1.165) is 0 Å². The number of ether oxygens (including phenoxy) is 2. The molecule has 0 fully saturated rings. The molecule has 23 heavy (non-hydrogen) atoms. The standard InChI is InChI=1S/C12H7Cl6N3O2/c13-11(14,15)9-19-4-21(10(20-9)12(16,17)18)6-1-2-7-8(3-6)23-5-22-7/h1-3H,4-5H2. The van der Waals surface area contributed by atoms with Crippen LogP contribution in [0.2, 0.25) is 0 Å². The van der Waals surface area contributed by atoms with Gasteiger partial charge in [0.25, 0.3) is 0 Å². The van der Waals surface area contributed by atoms with Crippen LogP contribution in [0, 0.1) is 0 Å². The third kappa shape index (κ3) is 3.70. The topological polar surface area (TPSA) is 46.4 Å². The van der Waals surface area contributed by atoms with E-state index in [-0.39, 0.29) is 25.1 Å². The molecule has 0 saturated heterocycles. The average molecular weight is 438 g/mol. The van der Waals surface area contributed by atoms with E-state index < -0.39 is 7.59 Å². The molecule has 5 nitrogen and oxygen atoms in total. The molecular weight excluding hydrogens is 431 g/mol. The summed E-state index contributed by atoms with van der Waals surface area (Å²) < 4.78 is 6.95. The summed E-state index contributed by atoms with van der Waals surface area (Å²) in [5.74, 6) is 1.21. The molecule has 0 saturated carbocycles.